The molecule has 0 spiro atoms. The zero-order valence-electron chi connectivity index (χ0n) is 17.2. The first kappa shape index (κ1) is 21.2. The van der Waals surface area contributed by atoms with Gasteiger partial charge >= 0.3 is 0 Å². The lowest BCUT2D eigenvalue weighted by molar-refractivity contribution is 0.128. The van der Waals surface area contributed by atoms with Gasteiger partial charge in [0, 0.05) is 33.4 Å². The van der Waals surface area contributed by atoms with Gasteiger partial charge in [0.25, 0.3) is 0 Å². The van der Waals surface area contributed by atoms with E-state index in [1.165, 1.54) is 12.8 Å². The largest absolute Gasteiger partial charge is 0.493 e. The lowest BCUT2D eigenvalue weighted by atomic mass is 10.0. The molecule has 0 amide bonds. The van der Waals surface area contributed by atoms with Crippen molar-refractivity contribution in [3.05, 3.63) is 17.7 Å². The van der Waals surface area contributed by atoms with Crippen LogP contribution in [0, 0.1) is 5.41 Å². The second-order valence-corrected chi connectivity index (χ2v) is 6.76. The topological polar surface area (TPSA) is 73.3 Å². The van der Waals surface area contributed by atoms with Crippen molar-refractivity contribution >= 4 is 5.96 Å². The average molecular weight is 380 g/mol. The Bertz CT molecular complexity index is 605. The summed E-state index contributed by atoms with van der Waals surface area (Å²) >= 11 is 0. The third kappa shape index (κ3) is 5.92. The van der Waals surface area contributed by atoms with Crippen molar-refractivity contribution in [3.63, 3.8) is 0 Å². The molecule has 0 saturated heterocycles. The summed E-state index contributed by atoms with van der Waals surface area (Å²) in [6.07, 6.45) is 3.59. The molecule has 7 nitrogen and oxygen atoms in total. The van der Waals surface area contributed by atoms with Crippen LogP contribution in [0.3, 0.4) is 0 Å². The van der Waals surface area contributed by atoms with Gasteiger partial charge in [0.1, 0.15) is 0 Å². The minimum Gasteiger partial charge on any atom is -0.493 e. The van der Waals surface area contributed by atoms with E-state index in [0.29, 0.717) is 29.2 Å². The van der Waals surface area contributed by atoms with Gasteiger partial charge < -0.3 is 29.6 Å². The van der Waals surface area contributed by atoms with Gasteiger partial charge in [-0.1, -0.05) is 0 Å². The van der Waals surface area contributed by atoms with Crippen molar-refractivity contribution in [2.24, 2.45) is 10.4 Å². The summed E-state index contributed by atoms with van der Waals surface area (Å²) < 4.78 is 21.7. The van der Waals surface area contributed by atoms with Crippen LogP contribution in [0.2, 0.25) is 0 Å². The summed E-state index contributed by atoms with van der Waals surface area (Å²) in [6.45, 7) is 5.15. The molecular weight excluding hydrogens is 346 g/mol. The third-order valence-electron chi connectivity index (χ3n) is 4.98. The van der Waals surface area contributed by atoms with E-state index < -0.39 is 0 Å². The number of aliphatic imine (C=N–C) groups is 1. The molecule has 1 aliphatic rings. The fraction of sp³-hybridized carbons (Fsp3) is 0.650. The van der Waals surface area contributed by atoms with Crippen molar-refractivity contribution in [2.45, 2.75) is 32.7 Å². The van der Waals surface area contributed by atoms with Crippen molar-refractivity contribution in [3.8, 4) is 17.2 Å². The van der Waals surface area contributed by atoms with Crippen molar-refractivity contribution in [1.29, 1.82) is 0 Å². The van der Waals surface area contributed by atoms with Gasteiger partial charge in [-0.25, -0.2) is 0 Å². The smallest absolute Gasteiger partial charge is 0.203 e. The van der Waals surface area contributed by atoms with Crippen LogP contribution in [-0.4, -0.2) is 54.1 Å². The summed E-state index contributed by atoms with van der Waals surface area (Å²) in [7, 11) is 6.62. The molecule has 27 heavy (non-hydrogen) atoms. The van der Waals surface area contributed by atoms with Crippen LogP contribution < -0.4 is 24.8 Å². The number of hydrogen-bond donors (Lipinski definition) is 2. The number of nitrogens with one attached hydrogen (secondary N) is 2. The molecule has 0 heterocycles. The average Bonchev–Trinajstić information content (AvgIpc) is 3.47. The lowest BCUT2D eigenvalue weighted by Gasteiger charge is -2.19. The molecular formula is C20H33N3O4. The molecule has 1 aromatic rings. The summed E-state index contributed by atoms with van der Waals surface area (Å²) in [5.74, 6) is 2.66. The molecule has 2 N–H and O–H groups in total. The predicted molar refractivity (Wildman–Crippen MR) is 107 cm³/mol. The summed E-state index contributed by atoms with van der Waals surface area (Å²) in [5.41, 5.74) is 1.38. The predicted octanol–water partition coefficient (Wildman–Crippen LogP) is 2.58. The van der Waals surface area contributed by atoms with Crippen LogP contribution in [-0.2, 0) is 11.3 Å². The Morgan fingerprint density at radius 2 is 1.74 bits per heavy atom. The SMILES string of the molecule is CCOCCC1(CNC(=NC)NCc2cc(OC)c(OC)c(OC)c2)CC1. The van der Waals surface area contributed by atoms with Crippen LogP contribution in [0.1, 0.15) is 31.7 Å². The molecule has 152 valence electrons. The quantitative estimate of drug-likeness (QED) is 0.350. The molecule has 0 bridgehead atoms. The number of hydrogen-bond acceptors (Lipinski definition) is 5. The Morgan fingerprint density at radius 3 is 2.22 bits per heavy atom. The fourth-order valence-corrected chi connectivity index (χ4v) is 3.04. The first-order chi connectivity index (χ1) is 13.1. The Balaban J connectivity index is 1.90. The van der Waals surface area contributed by atoms with Crippen LogP contribution in [0.4, 0.5) is 0 Å². The van der Waals surface area contributed by atoms with Crippen molar-refractivity contribution < 1.29 is 18.9 Å². The zero-order valence-corrected chi connectivity index (χ0v) is 17.2. The Labute approximate surface area is 162 Å². The van der Waals surface area contributed by atoms with E-state index in [2.05, 4.69) is 15.6 Å². The fourth-order valence-electron chi connectivity index (χ4n) is 3.04. The van der Waals surface area contributed by atoms with Gasteiger partial charge in [-0.15, -0.1) is 0 Å². The highest BCUT2D eigenvalue weighted by Gasteiger charge is 2.41. The second kappa shape index (κ2) is 10.3. The second-order valence-electron chi connectivity index (χ2n) is 6.76. The highest BCUT2D eigenvalue weighted by molar-refractivity contribution is 5.79. The number of ether oxygens (including phenoxy) is 4. The maximum absolute atomic E-state index is 5.50. The molecule has 0 radical (unpaired) electrons. The molecule has 7 heteroatoms. The van der Waals surface area contributed by atoms with Crippen molar-refractivity contribution in [2.75, 3.05) is 48.1 Å². The maximum Gasteiger partial charge on any atom is 0.203 e. The highest BCUT2D eigenvalue weighted by Crippen LogP contribution is 2.48. The van der Waals surface area contributed by atoms with Gasteiger partial charge in [-0.2, -0.15) is 0 Å². The van der Waals surface area contributed by atoms with Crippen LogP contribution >= 0.6 is 0 Å². The molecule has 0 atom stereocenters. The Kier molecular flexibility index (Phi) is 8.03. The molecule has 1 saturated carbocycles. The Hall–Kier alpha value is -2.15. The van der Waals surface area contributed by atoms with Crippen LogP contribution in [0.15, 0.2) is 17.1 Å². The van der Waals surface area contributed by atoms with Gasteiger partial charge in [0.2, 0.25) is 5.75 Å². The van der Waals surface area contributed by atoms with E-state index in [4.69, 9.17) is 18.9 Å². The van der Waals surface area contributed by atoms with Gasteiger partial charge in [-0.05, 0) is 49.3 Å². The van der Waals surface area contributed by atoms with E-state index in [1.54, 1.807) is 28.4 Å². The van der Waals surface area contributed by atoms with E-state index >= 15 is 0 Å². The van der Waals surface area contributed by atoms with E-state index in [0.717, 1.165) is 37.7 Å². The summed E-state index contributed by atoms with van der Waals surface area (Å²) in [6, 6.07) is 3.87. The minimum atomic E-state index is 0.360. The van der Waals surface area contributed by atoms with Gasteiger partial charge in [0.15, 0.2) is 17.5 Å². The lowest BCUT2D eigenvalue weighted by Crippen LogP contribution is -2.40. The van der Waals surface area contributed by atoms with E-state index in [1.807, 2.05) is 19.1 Å². The number of benzene rings is 1. The molecule has 0 aliphatic heterocycles. The zero-order chi connectivity index (χ0) is 19.7. The van der Waals surface area contributed by atoms with Gasteiger partial charge in [0.05, 0.1) is 21.3 Å². The minimum absolute atomic E-state index is 0.360. The highest BCUT2D eigenvalue weighted by atomic mass is 16.5. The molecule has 1 fully saturated rings. The monoisotopic (exact) mass is 379 g/mol. The number of methoxy groups -OCH3 is 3. The molecule has 1 aromatic carbocycles. The number of guanidine groups is 1. The van der Waals surface area contributed by atoms with Crippen molar-refractivity contribution in [1.82, 2.24) is 10.6 Å². The molecule has 0 aromatic heterocycles. The van der Waals surface area contributed by atoms with E-state index in [-0.39, 0.29) is 0 Å². The number of rotatable bonds is 11. The summed E-state index contributed by atoms with van der Waals surface area (Å²) in [5, 5.41) is 6.79. The number of nitrogens with zero attached hydrogens (tertiary/aromatic N) is 1. The first-order valence-corrected chi connectivity index (χ1v) is 9.42. The third-order valence-corrected chi connectivity index (χ3v) is 4.98. The molecule has 2 rings (SSSR count). The molecule has 0 unspecified atom stereocenters. The van der Waals surface area contributed by atoms with Crippen LogP contribution in [0.5, 0.6) is 17.2 Å². The first-order valence-electron chi connectivity index (χ1n) is 9.42. The Morgan fingerprint density at radius 1 is 1.07 bits per heavy atom. The van der Waals surface area contributed by atoms with Gasteiger partial charge in [-0.3, -0.25) is 4.99 Å². The summed E-state index contributed by atoms with van der Waals surface area (Å²) in [4.78, 5) is 4.33. The van der Waals surface area contributed by atoms with E-state index in [9.17, 15) is 0 Å². The standard InChI is InChI=1S/C20H33N3O4/c1-6-27-10-9-20(7-8-20)14-23-19(21-2)22-13-15-11-16(24-3)18(26-5)17(12-15)25-4/h11-12H,6-10,13-14H2,1-5H3,(H2,21,22,23). The van der Waals surface area contributed by atoms with Crippen LogP contribution in [0.25, 0.3) is 0 Å². The molecule has 1 aliphatic carbocycles. The maximum atomic E-state index is 5.50. The normalized spacial score (nSPS) is 15.2.